The summed E-state index contributed by atoms with van der Waals surface area (Å²) in [7, 11) is 3.67. The largest absolute Gasteiger partial charge is 0.337 e. The Labute approximate surface area is 141 Å². The molecular formula is C19H20N4O. The first-order valence-corrected chi connectivity index (χ1v) is 7.80. The maximum atomic E-state index is 12.8. The molecule has 0 bridgehead atoms. The molecule has 122 valence electrons. The van der Waals surface area contributed by atoms with E-state index in [4.69, 9.17) is 0 Å². The molecule has 0 atom stereocenters. The molecule has 2 heterocycles. The van der Waals surface area contributed by atoms with Crippen molar-refractivity contribution in [1.82, 2.24) is 19.7 Å². The second-order valence-electron chi connectivity index (χ2n) is 5.88. The number of aryl methyl sites for hydroxylation is 1. The van der Waals surface area contributed by atoms with Crippen molar-refractivity contribution >= 4 is 5.91 Å². The number of hydrogen-bond donors (Lipinski definition) is 0. The zero-order chi connectivity index (χ0) is 17.1. The van der Waals surface area contributed by atoms with E-state index < -0.39 is 0 Å². The van der Waals surface area contributed by atoms with Gasteiger partial charge < -0.3 is 4.90 Å². The molecule has 0 saturated heterocycles. The molecule has 5 nitrogen and oxygen atoms in total. The minimum Gasteiger partial charge on any atom is -0.337 e. The predicted octanol–water partition coefficient (Wildman–Crippen LogP) is 3.06. The van der Waals surface area contributed by atoms with E-state index in [0.29, 0.717) is 12.1 Å². The highest BCUT2D eigenvalue weighted by Gasteiger charge is 2.17. The second kappa shape index (κ2) is 6.66. The van der Waals surface area contributed by atoms with Gasteiger partial charge in [-0.15, -0.1) is 0 Å². The van der Waals surface area contributed by atoms with Crippen LogP contribution in [0.5, 0.6) is 0 Å². The smallest absolute Gasteiger partial charge is 0.254 e. The van der Waals surface area contributed by atoms with E-state index in [1.54, 1.807) is 22.0 Å². The van der Waals surface area contributed by atoms with Crippen molar-refractivity contribution in [3.8, 4) is 11.3 Å². The minimum atomic E-state index is -0.00543. The number of nitrogens with zero attached hydrogens (tertiary/aromatic N) is 4. The zero-order valence-corrected chi connectivity index (χ0v) is 14.1. The van der Waals surface area contributed by atoms with Gasteiger partial charge in [0.1, 0.15) is 0 Å². The summed E-state index contributed by atoms with van der Waals surface area (Å²) >= 11 is 0. The van der Waals surface area contributed by atoms with Crippen LogP contribution in [0, 0.1) is 6.92 Å². The van der Waals surface area contributed by atoms with Crippen LogP contribution in [0.4, 0.5) is 0 Å². The summed E-state index contributed by atoms with van der Waals surface area (Å²) < 4.78 is 1.74. The summed E-state index contributed by atoms with van der Waals surface area (Å²) in [5.74, 6) is -0.00543. The summed E-state index contributed by atoms with van der Waals surface area (Å²) in [6, 6.07) is 11.6. The molecule has 1 amide bonds. The topological polar surface area (TPSA) is 51.0 Å². The van der Waals surface area contributed by atoms with E-state index >= 15 is 0 Å². The molecule has 0 spiro atoms. The molecule has 0 saturated carbocycles. The standard InChI is InChI=1S/C19H20N4O/c1-14-16(18-9-4-5-10-20-18)7-6-8-17(14)19(24)22(2)12-15-11-21-23(3)13-15/h4-11,13H,12H2,1-3H3. The Balaban J connectivity index is 1.87. The van der Waals surface area contributed by atoms with Crippen LogP contribution in [0.3, 0.4) is 0 Å². The van der Waals surface area contributed by atoms with Crippen LogP contribution in [-0.2, 0) is 13.6 Å². The number of amides is 1. The fourth-order valence-electron chi connectivity index (χ4n) is 2.77. The van der Waals surface area contributed by atoms with Crippen molar-refractivity contribution in [1.29, 1.82) is 0 Å². The number of aromatic nitrogens is 3. The molecule has 0 unspecified atom stereocenters. The Hall–Kier alpha value is -2.95. The van der Waals surface area contributed by atoms with Gasteiger partial charge in [0, 0.05) is 49.7 Å². The van der Waals surface area contributed by atoms with Gasteiger partial charge >= 0.3 is 0 Å². The number of carbonyl (C=O) groups is 1. The van der Waals surface area contributed by atoms with E-state index in [1.807, 2.05) is 63.6 Å². The van der Waals surface area contributed by atoms with Crippen LogP contribution in [0.1, 0.15) is 21.5 Å². The fourth-order valence-corrected chi connectivity index (χ4v) is 2.77. The third kappa shape index (κ3) is 3.20. The van der Waals surface area contributed by atoms with Gasteiger partial charge in [0.15, 0.2) is 0 Å². The van der Waals surface area contributed by atoms with Gasteiger partial charge in [0.2, 0.25) is 0 Å². The fraction of sp³-hybridized carbons (Fsp3) is 0.211. The molecule has 24 heavy (non-hydrogen) atoms. The van der Waals surface area contributed by atoms with Gasteiger partial charge in [-0.25, -0.2) is 0 Å². The monoisotopic (exact) mass is 320 g/mol. The number of carbonyl (C=O) groups excluding carboxylic acids is 1. The first kappa shape index (κ1) is 15.9. The molecule has 3 rings (SSSR count). The Kier molecular flexibility index (Phi) is 4.42. The zero-order valence-electron chi connectivity index (χ0n) is 14.1. The molecule has 0 N–H and O–H groups in total. The molecule has 0 aliphatic rings. The normalized spacial score (nSPS) is 10.6. The van der Waals surface area contributed by atoms with Gasteiger partial charge in [-0.05, 0) is 30.7 Å². The average Bonchev–Trinajstić information content (AvgIpc) is 3.00. The first-order valence-electron chi connectivity index (χ1n) is 7.80. The Morgan fingerprint density at radius 1 is 1.21 bits per heavy atom. The molecule has 2 aromatic heterocycles. The molecule has 3 aromatic rings. The molecule has 0 fully saturated rings. The van der Waals surface area contributed by atoms with Crippen LogP contribution in [-0.4, -0.2) is 32.6 Å². The highest BCUT2D eigenvalue weighted by atomic mass is 16.2. The lowest BCUT2D eigenvalue weighted by Crippen LogP contribution is -2.26. The van der Waals surface area contributed by atoms with Crippen LogP contribution in [0.25, 0.3) is 11.3 Å². The van der Waals surface area contributed by atoms with Gasteiger partial charge in [0.25, 0.3) is 5.91 Å². The maximum Gasteiger partial charge on any atom is 0.254 e. The van der Waals surface area contributed by atoms with Crippen LogP contribution in [0.2, 0.25) is 0 Å². The van der Waals surface area contributed by atoms with Gasteiger partial charge in [0.05, 0.1) is 11.9 Å². The quantitative estimate of drug-likeness (QED) is 0.742. The van der Waals surface area contributed by atoms with E-state index in [0.717, 1.165) is 22.4 Å². The Morgan fingerprint density at radius 3 is 2.71 bits per heavy atom. The lowest BCUT2D eigenvalue weighted by Gasteiger charge is -2.18. The Bertz CT molecular complexity index is 855. The van der Waals surface area contributed by atoms with E-state index in [2.05, 4.69) is 10.1 Å². The molecular weight excluding hydrogens is 300 g/mol. The molecule has 0 aliphatic heterocycles. The van der Waals surface area contributed by atoms with Crippen LogP contribution in [0.15, 0.2) is 55.0 Å². The number of rotatable bonds is 4. The summed E-state index contributed by atoms with van der Waals surface area (Å²) in [5, 5.41) is 4.14. The van der Waals surface area contributed by atoms with E-state index in [1.165, 1.54) is 0 Å². The SMILES string of the molecule is Cc1c(C(=O)N(C)Cc2cnn(C)c2)cccc1-c1ccccn1. The van der Waals surface area contributed by atoms with E-state index in [-0.39, 0.29) is 5.91 Å². The van der Waals surface area contributed by atoms with Crippen molar-refractivity contribution in [3.63, 3.8) is 0 Å². The summed E-state index contributed by atoms with van der Waals surface area (Å²) in [6.45, 7) is 2.50. The number of hydrogen-bond acceptors (Lipinski definition) is 3. The molecule has 0 aliphatic carbocycles. The molecule has 0 radical (unpaired) electrons. The molecule has 5 heteroatoms. The van der Waals surface area contributed by atoms with Gasteiger partial charge in [-0.2, -0.15) is 5.10 Å². The van der Waals surface area contributed by atoms with Gasteiger partial charge in [-0.1, -0.05) is 18.2 Å². The van der Waals surface area contributed by atoms with Crippen molar-refractivity contribution in [2.75, 3.05) is 7.05 Å². The third-order valence-corrected chi connectivity index (χ3v) is 4.03. The van der Waals surface area contributed by atoms with Crippen molar-refractivity contribution in [2.24, 2.45) is 7.05 Å². The number of benzene rings is 1. The minimum absolute atomic E-state index is 0.00543. The maximum absolute atomic E-state index is 12.8. The average molecular weight is 320 g/mol. The van der Waals surface area contributed by atoms with Gasteiger partial charge in [-0.3, -0.25) is 14.5 Å². The van der Waals surface area contributed by atoms with Crippen molar-refractivity contribution in [2.45, 2.75) is 13.5 Å². The Morgan fingerprint density at radius 2 is 2.04 bits per heavy atom. The predicted molar refractivity (Wildman–Crippen MR) is 93.4 cm³/mol. The third-order valence-electron chi connectivity index (χ3n) is 4.03. The van der Waals surface area contributed by atoms with Crippen LogP contribution < -0.4 is 0 Å². The highest BCUT2D eigenvalue weighted by molar-refractivity contribution is 5.97. The number of pyridine rings is 1. The molecule has 1 aromatic carbocycles. The van der Waals surface area contributed by atoms with Crippen LogP contribution >= 0.6 is 0 Å². The lowest BCUT2D eigenvalue weighted by atomic mass is 9.98. The second-order valence-corrected chi connectivity index (χ2v) is 5.88. The van der Waals surface area contributed by atoms with Crippen molar-refractivity contribution in [3.05, 3.63) is 71.7 Å². The summed E-state index contributed by atoms with van der Waals surface area (Å²) in [5.41, 5.74) is 4.51. The highest BCUT2D eigenvalue weighted by Crippen LogP contribution is 2.24. The van der Waals surface area contributed by atoms with Crippen molar-refractivity contribution < 1.29 is 4.79 Å². The first-order chi connectivity index (χ1) is 11.6. The summed E-state index contributed by atoms with van der Waals surface area (Å²) in [4.78, 5) is 18.9. The summed E-state index contributed by atoms with van der Waals surface area (Å²) in [6.07, 6.45) is 5.46. The lowest BCUT2D eigenvalue weighted by molar-refractivity contribution is 0.0784. The van der Waals surface area contributed by atoms with E-state index in [9.17, 15) is 4.79 Å².